The van der Waals surface area contributed by atoms with Gasteiger partial charge in [0.15, 0.2) is 0 Å². The van der Waals surface area contributed by atoms with Crippen molar-refractivity contribution in [2.24, 2.45) is 0 Å². The van der Waals surface area contributed by atoms with E-state index in [1.54, 1.807) is 0 Å². The van der Waals surface area contributed by atoms with E-state index in [2.05, 4.69) is 5.10 Å². The number of ether oxygens (including phenoxy) is 1. The summed E-state index contributed by atoms with van der Waals surface area (Å²) in [7, 11) is 0. The number of rotatable bonds is 6. The normalized spacial score (nSPS) is 10.7. The van der Waals surface area contributed by atoms with E-state index in [0.717, 1.165) is 28.4 Å². The molecule has 0 aliphatic rings. The molecular formula is C19H20N2O2. The Morgan fingerprint density at radius 2 is 1.78 bits per heavy atom. The molecular weight excluding hydrogens is 288 g/mol. The smallest absolute Gasteiger partial charge is 0.130 e. The SMILES string of the molecule is Cc1cc(COc2ccc(CCO)cc2)n(-c2ccccc2)n1. The highest BCUT2D eigenvalue weighted by molar-refractivity contribution is 5.33. The van der Waals surface area contributed by atoms with Crippen molar-refractivity contribution in [2.45, 2.75) is 20.0 Å². The number of aliphatic hydroxyl groups excluding tert-OH is 1. The van der Waals surface area contributed by atoms with Crippen molar-refractivity contribution < 1.29 is 9.84 Å². The van der Waals surface area contributed by atoms with Crippen LogP contribution in [0.5, 0.6) is 5.75 Å². The average Bonchev–Trinajstić information content (AvgIpc) is 2.96. The Morgan fingerprint density at radius 3 is 2.48 bits per heavy atom. The molecule has 3 aromatic rings. The van der Waals surface area contributed by atoms with Crippen LogP contribution in [0.25, 0.3) is 5.69 Å². The predicted octanol–water partition coefficient (Wildman–Crippen LogP) is 3.29. The van der Waals surface area contributed by atoms with Gasteiger partial charge in [0.05, 0.1) is 17.1 Å². The third-order valence-corrected chi connectivity index (χ3v) is 3.62. The van der Waals surface area contributed by atoms with Gasteiger partial charge in [0.25, 0.3) is 0 Å². The molecule has 0 aliphatic heterocycles. The lowest BCUT2D eigenvalue weighted by atomic mass is 10.1. The molecule has 0 spiro atoms. The first kappa shape index (κ1) is 15.3. The van der Waals surface area contributed by atoms with Gasteiger partial charge in [0.2, 0.25) is 0 Å². The van der Waals surface area contributed by atoms with E-state index in [9.17, 15) is 0 Å². The Bertz CT molecular complexity index is 749. The first-order chi connectivity index (χ1) is 11.3. The number of hydrogen-bond donors (Lipinski definition) is 1. The zero-order valence-electron chi connectivity index (χ0n) is 13.1. The summed E-state index contributed by atoms with van der Waals surface area (Å²) in [4.78, 5) is 0. The molecule has 4 heteroatoms. The van der Waals surface area contributed by atoms with Gasteiger partial charge in [0.1, 0.15) is 12.4 Å². The number of aliphatic hydroxyl groups is 1. The lowest BCUT2D eigenvalue weighted by Gasteiger charge is -2.09. The molecule has 2 aromatic carbocycles. The molecule has 0 amide bonds. The van der Waals surface area contributed by atoms with Crippen LogP contribution in [0.1, 0.15) is 17.0 Å². The van der Waals surface area contributed by atoms with Gasteiger partial charge in [-0.05, 0) is 49.2 Å². The second-order valence-corrected chi connectivity index (χ2v) is 5.43. The summed E-state index contributed by atoms with van der Waals surface area (Å²) >= 11 is 0. The van der Waals surface area contributed by atoms with Gasteiger partial charge in [-0.15, -0.1) is 0 Å². The number of para-hydroxylation sites is 1. The van der Waals surface area contributed by atoms with E-state index < -0.39 is 0 Å². The van der Waals surface area contributed by atoms with Gasteiger partial charge in [-0.2, -0.15) is 5.10 Å². The second kappa shape index (κ2) is 7.11. The number of benzene rings is 2. The quantitative estimate of drug-likeness (QED) is 0.760. The highest BCUT2D eigenvalue weighted by Crippen LogP contribution is 2.17. The first-order valence-electron chi connectivity index (χ1n) is 7.70. The molecule has 0 fully saturated rings. The molecule has 118 valence electrons. The van der Waals surface area contributed by atoms with Crippen LogP contribution in [0.15, 0.2) is 60.7 Å². The van der Waals surface area contributed by atoms with Crippen molar-refractivity contribution >= 4 is 0 Å². The van der Waals surface area contributed by atoms with Crippen molar-refractivity contribution in [3.63, 3.8) is 0 Å². The highest BCUT2D eigenvalue weighted by Gasteiger charge is 2.08. The fourth-order valence-corrected chi connectivity index (χ4v) is 2.49. The van der Waals surface area contributed by atoms with Crippen LogP contribution < -0.4 is 4.74 Å². The Hall–Kier alpha value is -2.59. The lowest BCUT2D eigenvalue weighted by molar-refractivity contribution is 0.295. The third kappa shape index (κ3) is 3.79. The van der Waals surface area contributed by atoms with E-state index in [1.165, 1.54) is 0 Å². The molecule has 0 radical (unpaired) electrons. The summed E-state index contributed by atoms with van der Waals surface area (Å²) in [6.07, 6.45) is 0.667. The number of aryl methyl sites for hydroxylation is 1. The number of nitrogens with zero attached hydrogens (tertiary/aromatic N) is 2. The molecule has 0 unspecified atom stereocenters. The van der Waals surface area contributed by atoms with Crippen molar-refractivity contribution in [2.75, 3.05) is 6.61 Å². The Balaban J connectivity index is 1.73. The van der Waals surface area contributed by atoms with E-state index in [-0.39, 0.29) is 6.61 Å². The number of aromatic nitrogens is 2. The zero-order chi connectivity index (χ0) is 16.1. The maximum atomic E-state index is 8.94. The topological polar surface area (TPSA) is 47.3 Å². The van der Waals surface area contributed by atoms with E-state index in [4.69, 9.17) is 9.84 Å². The fraction of sp³-hybridized carbons (Fsp3) is 0.211. The van der Waals surface area contributed by atoms with Gasteiger partial charge in [-0.25, -0.2) is 4.68 Å². The summed E-state index contributed by atoms with van der Waals surface area (Å²) in [5, 5.41) is 13.5. The predicted molar refractivity (Wildman–Crippen MR) is 89.9 cm³/mol. The molecule has 1 N–H and O–H groups in total. The Labute approximate surface area is 136 Å². The fourth-order valence-electron chi connectivity index (χ4n) is 2.49. The van der Waals surface area contributed by atoms with Crippen LogP contribution in [0, 0.1) is 6.92 Å². The maximum Gasteiger partial charge on any atom is 0.130 e. The largest absolute Gasteiger partial charge is 0.487 e. The van der Waals surface area contributed by atoms with Gasteiger partial charge in [-0.3, -0.25) is 0 Å². The zero-order valence-corrected chi connectivity index (χ0v) is 13.1. The van der Waals surface area contributed by atoms with Crippen LogP contribution >= 0.6 is 0 Å². The molecule has 0 saturated heterocycles. The third-order valence-electron chi connectivity index (χ3n) is 3.62. The van der Waals surface area contributed by atoms with Crippen LogP contribution in [-0.2, 0) is 13.0 Å². The summed E-state index contributed by atoms with van der Waals surface area (Å²) in [6, 6.07) is 19.9. The first-order valence-corrected chi connectivity index (χ1v) is 7.70. The summed E-state index contributed by atoms with van der Waals surface area (Å²) < 4.78 is 7.79. The highest BCUT2D eigenvalue weighted by atomic mass is 16.5. The van der Waals surface area contributed by atoms with E-state index in [0.29, 0.717) is 13.0 Å². The van der Waals surface area contributed by atoms with Crippen molar-refractivity contribution in [3.05, 3.63) is 77.6 Å². The maximum absolute atomic E-state index is 8.94. The van der Waals surface area contributed by atoms with Gasteiger partial charge in [-0.1, -0.05) is 30.3 Å². The average molecular weight is 308 g/mol. The second-order valence-electron chi connectivity index (χ2n) is 5.43. The minimum atomic E-state index is 0.162. The molecule has 1 aromatic heterocycles. The molecule has 0 saturated carbocycles. The summed E-state index contributed by atoms with van der Waals surface area (Å²) in [6.45, 7) is 2.59. The van der Waals surface area contributed by atoms with Crippen LogP contribution in [0.2, 0.25) is 0 Å². The molecule has 0 atom stereocenters. The van der Waals surface area contributed by atoms with Crippen LogP contribution in [-0.4, -0.2) is 21.5 Å². The molecule has 0 bridgehead atoms. The van der Waals surface area contributed by atoms with Crippen molar-refractivity contribution in [1.82, 2.24) is 9.78 Å². The Morgan fingerprint density at radius 1 is 1.04 bits per heavy atom. The minimum absolute atomic E-state index is 0.162. The monoisotopic (exact) mass is 308 g/mol. The van der Waals surface area contributed by atoms with Crippen molar-refractivity contribution in [3.8, 4) is 11.4 Å². The van der Waals surface area contributed by atoms with Crippen LogP contribution in [0.4, 0.5) is 0 Å². The molecule has 0 aliphatic carbocycles. The molecule has 23 heavy (non-hydrogen) atoms. The number of hydrogen-bond acceptors (Lipinski definition) is 3. The molecule has 1 heterocycles. The minimum Gasteiger partial charge on any atom is -0.487 e. The summed E-state index contributed by atoms with van der Waals surface area (Å²) in [5.41, 5.74) is 4.10. The molecule has 4 nitrogen and oxygen atoms in total. The lowest BCUT2D eigenvalue weighted by Crippen LogP contribution is -2.05. The van der Waals surface area contributed by atoms with Gasteiger partial charge < -0.3 is 9.84 Å². The Kier molecular flexibility index (Phi) is 4.74. The van der Waals surface area contributed by atoms with Crippen LogP contribution in [0.3, 0.4) is 0 Å². The standard InChI is InChI=1S/C19H20N2O2/c1-15-13-18(21(20-15)17-5-3-2-4-6-17)14-23-19-9-7-16(8-10-19)11-12-22/h2-10,13,22H,11-12,14H2,1H3. The van der Waals surface area contributed by atoms with Gasteiger partial charge in [0, 0.05) is 6.61 Å². The van der Waals surface area contributed by atoms with Crippen molar-refractivity contribution in [1.29, 1.82) is 0 Å². The van der Waals surface area contributed by atoms with E-state index in [1.807, 2.05) is 72.3 Å². The summed E-state index contributed by atoms with van der Waals surface area (Å²) in [5.74, 6) is 0.810. The molecule has 3 rings (SSSR count). The van der Waals surface area contributed by atoms with Gasteiger partial charge >= 0.3 is 0 Å². The van der Waals surface area contributed by atoms with E-state index >= 15 is 0 Å².